The Labute approximate surface area is 110 Å². The molecule has 4 heteroatoms. The largest absolute Gasteiger partial charge is 0.327 e. The van der Waals surface area contributed by atoms with Crippen molar-refractivity contribution >= 4 is 0 Å². The van der Waals surface area contributed by atoms with Crippen LogP contribution in [-0.2, 0) is 6.42 Å². The summed E-state index contributed by atoms with van der Waals surface area (Å²) in [6, 6.07) is 6.78. The van der Waals surface area contributed by atoms with Crippen molar-refractivity contribution in [1.82, 2.24) is 14.8 Å². The standard InChI is InChI=1S/C14H24N4/c1-17-7-8-18(2)14(11-17)10-12(15)9-13-5-3-4-6-16-13/h3-6,12,14H,7-11,15H2,1-2H3. The van der Waals surface area contributed by atoms with Gasteiger partial charge in [-0.15, -0.1) is 0 Å². The van der Waals surface area contributed by atoms with Crippen molar-refractivity contribution < 1.29 is 0 Å². The number of rotatable bonds is 4. The first-order chi connectivity index (χ1) is 8.65. The highest BCUT2D eigenvalue weighted by atomic mass is 15.3. The maximum absolute atomic E-state index is 6.26. The topological polar surface area (TPSA) is 45.4 Å². The Bertz CT molecular complexity index is 354. The molecule has 1 saturated heterocycles. The fraction of sp³-hybridized carbons (Fsp3) is 0.643. The second-order valence-electron chi connectivity index (χ2n) is 5.42. The van der Waals surface area contributed by atoms with Crippen LogP contribution in [0.5, 0.6) is 0 Å². The molecule has 0 saturated carbocycles. The predicted octanol–water partition coefficient (Wildman–Crippen LogP) is 0.587. The molecule has 1 aromatic rings. The predicted molar refractivity (Wildman–Crippen MR) is 74.4 cm³/mol. The molecule has 2 heterocycles. The fourth-order valence-corrected chi connectivity index (χ4v) is 2.58. The summed E-state index contributed by atoms with van der Waals surface area (Å²) in [5, 5.41) is 0. The molecule has 1 aromatic heterocycles. The Kier molecular flexibility index (Phi) is 4.69. The van der Waals surface area contributed by atoms with Gasteiger partial charge in [0.2, 0.25) is 0 Å². The van der Waals surface area contributed by atoms with Gasteiger partial charge in [-0.2, -0.15) is 0 Å². The van der Waals surface area contributed by atoms with E-state index in [1.54, 1.807) is 0 Å². The van der Waals surface area contributed by atoms with Gasteiger partial charge in [0.15, 0.2) is 0 Å². The summed E-state index contributed by atoms with van der Waals surface area (Å²) in [5.74, 6) is 0. The summed E-state index contributed by atoms with van der Waals surface area (Å²) in [6.45, 7) is 3.41. The van der Waals surface area contributed by atoms with E-state index in [9.17, 15) is 0 Å². The lowest BCUT2D eigenvalue weighted by Gasteiger charge is -2.38. The smallest absolute Gasteiger partial charge is 0.0419 e. The molecule has 0 aromatic carbocycles. The van der Waals surface area contributed by atoms with E-state index >= 15 is 0 Å². The van der Waals surface area contributed by atoms with Crippen molar-refractivity contribution in [2.45, 2.75) is 24.9 Å². The van der Waals surface area contributed by atoms with Crippen molar-refractivity contribution in [1.29, 1.82) is 0 Å². The van der Waals surface area contributed by atoms with Gasteiger partial charge in [0.05, 0.1) is 0 Å². The minimum absolute atomic E-state index is 0.193. The molecular formula is C14H24N4. The maximum atomic E-state index is 6.26. The lowest BCUT2D eigenvalue weighted by atomic mass is 10.0. The van der Waals surface area contributed by atoms with E-state index in [1.165, 1.54) is 0 Å². The van der Waals surface area contributed by atoms with Gasteiger partial charge < -0.3 is 15.5 Å². The number of piperazine rings is 1. The number of hydrogen-bond donors (Lipinski definition) is 1. The summed E-state index contributed by atoms with van der Waals surface area (Å²) in [5.41, 5.74) is 7.35. The van der Waals surface area contributed by atoms with Crippen LogP contribution < -0.4 is 5.73 Å². The average molecular weight is 248 g/mol. The van der Waals surface area contributed by atoms with Crippen LogP contribution in [0.15, 0.2) is 24.4 Å². The van der Waals surface area contributed by atoms with Crippen molar-refractivity contribution in [2.24, 2.45) is 5.73 Å². The first-order valence-electron chi connectivity index (χ1n) is 6.69. The van der Waals surface area contributed by atoms with Crippen LogP contribution in [0.4, 0.5) is 0 Å². The summed E-state index contributed by atoms with van der Waals surface area (Å²) < 4.78 is 0. The van der Waals surface area contributed by atoms with Crippen LogP contribution >= 0.6 is 0 Å². The first-order valence-corrected chi connectivity index (χ1v) is 6.69. The van der Waals surface area contributed by atoms with E-state index in [-0.39, 0.29) is 6.04 Å². The monoisotopic (exact) mass is 248 g/mol. The summed E-state index contributed by atoms with van der Waals surface area (Å²) in [4.78, 5) is 9.16. The quantitative estimate of drug-likeness (QED) is 0.847. The second-order valence-corrected chi connectivity index (χ2v) is 5.42. The van der Waals surface area contributed by atoms with Gasteiger partial charge in [-0.1, -0.05) is 6.07 Å². The highest BCUT2D eigenvalue weighted by Gasteiger charge is 2.24. The van der Waals surface area contributed by atoms with Crippen LogP contribution in [-0.4, -0.2) is 60.6 Å². The molecule has 0 amide bonds. The Hall–Kier alpha value is -0.970. The fourth-order valence-electron chi connectivity index (χ4n) is 2.58. The number of likely N-dealkylation sites (N-methyl/N-ethyl adjacent to an activating group) is 2. The molecular weight excluding hydrogens is 224 g/mol. The zero-order valence-electron chi connectivity index (χ0n) is 11.4. The van der Waals surface area contributed by atoms with Crippen molar-refractivity contribution in [3.63, 3.8) is 0 Å². The molecule has 0 spiro atoms. The molecule has 2 atom stereocenters. The molecule has 0 bridgehead atoms. The third-order valence-corrected chi connectivity index (χ3v) is 3.75. The van der Waals surface area contributed by atoms with E-state index in [0.717, 1.165) is 38.2 Å². The van der Waals surface area contributed by atoms with Crippen LogP contribution in [0.1, 0.15) is 12.1 Å². The summed E-state index contributed by atoms with van der Waals surface area (Å²) in [6.07, 6.45) is 3.74. The van der Waals surface area contributed by atoms with Gasteiger partial charge in [0, 0.05) is 50.0 Å². The van der Waals surface area contributed by atoms with Crippen LogP contribution in [0, 0.1) is 0 Å². The number of hydrogen-bond acceptors (Lipinski definition) is 4. The average Bonchev–Trinajstić information content (AvgIpc) is 2.35. The van der Waals surface area contributed by atoms with Gasteiger partial charge in [-0.05, 0) is 32.6 Å². The molecule has 18 heavy (non-hydrogen) atoms. The Morgan fingerprint density at radius 2 is 2.22 bits per heavy atom. The van der Waals surface area contributed by atoms with Crippen LogP contribution in [0.3, 0.4) is 0 Å². The van der Waals surface area contributed by atoms with Gasteiger partial charge in [0.1, 0.15) is 0 Å². The molecule has 0 aliphatic carbocycles. The zero-order valence-corrected chi connectivity index (χ0v) is 11.4. The van der Waals surface area contributed by atoms with Gasteiger partial charge >= 0.3 is 0 Å². The molecule has 4 nitrogen and oxygen atoms in total. The molecule has 1 fully saturated rings. The Balaban J connectivity index is 1.85. The van der Waals surface area contributed by atoms with Crippen LogP contribution in [0.25, 0.3) is 0 Å². The maximum Gasteiger partial charge on any atom is 0.0419 e. The molecule has 1 aliphatic rings. The highest BCUT2D eigenvalue weighted by Crippen LogP contribution is 2.12. The van der Waals surface area contributed by atoms with E-state index in [4.69, 9.17) is 5.73 Å². The van der Waals surface area contributed by atoms with Gasteiger partial charge in [-0.3, -0.25) is 4.98 Å². The van der Waals surface area contributed by atoms with E-state index in [1.807, 2.05) is 18.3 Å². The lowest BCUT2D eigenvalue weighted by molar-refractivity contribution is 0.104. The molecule has 100 valence electrons. The molecule has 2 rings (SSSR count). The third kappa shape index (κ3) is 3.77. The van der Waals surface area contributed by atoms with Crippen LogP contribution in [0.2, 0.25) is 0 Å². The number of nitrogens with two attached hydrogens (primary N) is 1. The minimum atomic E-state index is 0.193. The number of aromatic nitrogens is 1. The Morgan fingerprint density at radius 1 is 1.39 bits per heavy atom. The third-order valence-electron chi connectivity index (χ3n) is 3.75. The van der Waals surface area contributed by atoms with Crippen molar-refractivity contribution in [3.05, 3.63) is 30.1 Å². The van der Waals surface area contributed by atoms with Gasteiger partial charge in [0.25, 0.3) is 0 Å². The number of nitrogens with zero attached hydrogens (tertiary/aromatic N) is 3. The molecule has 2 N–H and O–H groups in total. The lowest BCUT2D eigenvalue weighted by Crippen LogP contribution is -2.51. The van der Waals surface area contributed by atoms with Crippen molar-refractivity contribution in [2.75, 3.05) is 33.7 Å². The highest BCUT2D eigenvalue weighted by molar-refractivity contribution is 5.05. The van der Waals surface area contributed by atoms with E-state index in [2.05, 4.69) is 34.9 Å². The van der Waals surface area contributed by atoms with Crippen molar-refractivity contribution in [3.8, 4) is 0 Å². The first kappa shape index (κ1) is 13.5. The summed E-state index contributed by atoms with van der Waals surface area (Å²) in [7, 11) is 4.38. The summed E-state index contributed by atoms with van der Waals surface area (Å²) >= 11 is 0. The zero-order chi connectivity index (χ0) is 13.0. The van der Waals surface area contributed by atoms with E-state index < -0.39 is 0 Å². The normalized spacial score (nSPS) is 24.1. The molecule has 0 radical (unpaired) electrons. The second kappa shape index (κ2) is 6.27. The molecule has 2 unspecified atom stereocenters. The number of pyridine rings is 1. The van der Waals surface area contributed by atoms with Gasteiger partial charge in [-0.25, -0.2) is 0 Å². The Morgan fingerprint density at radius 3 is 2.94 bits per heavy atom. The molecule has 1 aliphatic heterocycles. The minimum Gasteiger partial charge on any atom is -0.327 e. The van der Waals surface area contributed by atoms with E-state index in [0.29, 0.717) is 6.04 Å². The SMILES string of the molecule is CN1CCN(C)C(CC(N)Cc2ccccn2)C1.